The molecule has 2 atom stereocenters. The van der Waals surface area contributed by atoms with Gasteiger partial charge in [0.2, 0.25) is 5.91 Å². The number of amides is 1. The predicted octanol–water partition coefficient (Wildman–Crippen LogP) is 1.65. The molecule has 0 spiro atoms. The van der Waals surface area contributed by atoms with Crippen LogP contribution in [0, 0.1) is 23.7 Å². The minimum absolute atomic E-state index is 0.191. The van der Waals surface area contributed by atoms with Crippen molar-refractivity contribution in [3.63, 3.8) is 0 Å². The molecule has 1 amide bonds. The second-order valence-corrected chi connectivity index (χ2v) is 6.44. The fraction of sp³-hybridized carbons (Fsp3) is 0.857. The standard InChI is InChI=1S/C14H25N3O2/c1-9(2)8-17(4-3-13(15)16-19)14(18)12-6-10-5-11(10)7-12/h9-12,19H,3-8H2,1-2H3,(H2,15,16). The molecule has 5 nitrogen and oxygen atoms in total. The van der Waals surface area contributed by atoms with E-state index < -0.39 is 0 Å². The third kappa shape index (κ3) is 3.61. The van der Waals surface area contributed by atoms with Gasteiger partial charge >= 0.3 is 0 Å². The van der Waals surface area contributed by atoms with Gasteiger partial charge in [0.05, 0.1) is 0 Å². The number of amidine groups is 1. The summed E-state index contributed by atoms with van der Waals surface area (Å²) in [5.74, 6) is 2.75. The first-order valence-electron chi connectivity index (χ1n) is 7.26. The van der Waals surface area contributed by atoms with Crippen LogP contribution in [0.15, 0.2) is 5.16 Å². The summed E-state index contributed by atoms with van der Waals surface area (Å²) in [6.45, 7) is 5.52. The lowest BCUT2D eigenvalue weighted by atomic mass is 10.0. The van der Waals surface area contributed by atoms with Gasteiger partial charge in [0.25, 0.3) is 0 Å². The highest BCUT2D eigenvalue weighted by Crippen LogP contribution is 2.54. The minimum atomic E-state index is 0.191. The van der Waals surface area contributed by atoms with Crippen LogP contribution in [-0.4, -0.2) is 34.9 Å². The fourth-order valence-electron chi connectivity index (χ4n) is 3.21. The van der Waals surface area contributed by atoms with E-state index in [4.69, 9.17) is 10.9 Å². The highest BCUT2D eigenvalue weighted by Gasteiger charge is 2.48. The monoisotopic (exact) mass is 267 g/mol. The largest absolute Gasteiger partial charge is 0.409 e. The van der Waals surface area contributed by atoms with Crippen LogP contribution >= 0.6 is 0 Å². The molecule has 2 aliphatic rings. The number of nitrogens with two attached hydrogens (primary N) is 1. The summed E-state index contributed by atoms with van der Waals surface area (Å²) in [6.07, 6.45) is 3.91. The second kappa shape index (κ2) is 5.80. The molecule has 108 valence electrons. The van der Waals surface area contributed by atoms with Gasteiger partial charge < -0.3 is 15.8 Å². The molecule has 2 saturated carbocycles. The van der Waals surface area contributed by atoms with E-state index in [-0.39, 0.29) is 17.7 Å². The Hall–Kier alpha value is -1.26. The van der Waals surface area contributed by atoms with E-state index in [1.807, 2.05) is 4.90 Å². The van der Waals surface area contributed by atoms with Gasteiger partial charge in [-0.2, -0.15) is 0 Å². The first-order valence-corrected chi connectivity index (χ1v) is 7.26. The predicted molar refractivity (Wildman–Crippen MR) is 73.8 cm³/mol. The van der Waals surface area contributed by atoms with E-state index in [9.17, 15) is 4.79 Å². The van der Waals surface area contributed by atoms with Crippen molar-refractivity contribution in [1.82, 2.24) is 4.90 Å². The van der Waals surface area contributed by atoms with Crippen molar-refractivity contribution in [1.29, 1.82) is 0 Å². The molecule has 2 unspecified atom stereocenters. The van der Waals surface area contributed by atoms with Gasteiger partial charge in [-0.15, -0.1) is 0 Å². The Morgan fingerprint density at radius 3 is 2.53 bits per heavy atom. The molecule has 0 bridgehead atoms. The molecule has 0 saturated heterocycles. The number of nitrogens with zero attached hydrogens (tertiary/aromatic N) is 2. The third-order valence-electron chi connectivity index (χ3n) is 4.26. The van der Waals surface area contributed by atoms with Crippen LogP contribution in [0.1, 0.15) is 39.5 Å². The van der Waals surface area contributed by atoms with Crippen LogP contribution in [0.2, 0.25) is 0 Å². The summed E-state index contributed by atoms with van der Waals surface area (Å²) < 4.78 is 0. The Balaban J connectivity index is 1.89. The van der Waals surface area contributed by atoms with Gasteiger partial charge in [0.1, 0.15) is 5.84 Å². The normalized spacial score (nSPS) is 29.4. The van der Waals surface area contributed by atoms with E-state index in [2.05, 4.69) is 19.0 Å². The molecule has 0 heterocycles. The molecule has 0 aromatic rings. The molecule has 2 fully saturated rings. The van der Waals surface area contributed by atoms with E-state index in [0.29, 0.717) is 18.9 Å². The van der Waals surface area contributed by atoms with Crippen molar-refractivity contribution in [2.45, 2.75) is 39.5 Å². The highest BCUT2D eigenvalue weighted by molar-refractivity contribution is 5.82. The lowest BCUT2D eigenvalue weighted by Gasteiger charge is -2.27. The van der Waals surface area contributed by atoms with Crippen molar-refractivity contribution in [3.8, 4) is 0 Å². The summed E-state index contributed by atoms with van der Waals surface area (Å²) in [7, 11) is 0. The number of hydrogen-bond donors (Lipinski definition) is 2. The molecule has 0 aromatic heterocycles. The van der Waals surface area contributed by atoms with Crippen molar-refractivity contribution in [3.05, 3.63) is 0 Å². The highest BCUT2D eigenvalue weighted by atomic mass is 16.4. The van der Waals surface area contributed by atoms with Crippen LogP contribution in [0.5, 0.6) is 0 Å². The van der Waals surface area contributed by atoms with Crippen LogP contribution in [-0.2, 0) is 4.79 Å². The summed E-state index contributed by atoms with van der Waals surface area (Å²) in [5, 5.41) is 11.6. The molecule has 2 aliphatic carbocycles. The third-order valence-corrected chi connectivity index (χ3v) is 4.26. The number of carbonyl (C=O) groups excluding carboxylic acids is 1. The summed E-state index contributed by atoms with van der Waals surface area (Å²) in [5.41, 5.74) is 5.50. The first-order chi connectivity index (χ1) is 9.01. The maximum atomic E-state index is 12.5. The van der Waals surface area contributed by atoms with Gasteiger partial charge in [-0.1, -0.05) is 19.0 Å². The Morgan fingerprint density at radius 2 is 2.00 bits per heavy atom. The molecule has 19 heavy (non-hydrogen) atoms. The van der Waals surface area contributed by atoms with Crippen LogP contribution < -0.4 is 5.73 Å². The van der Waals surface area contributed by atoms with Crippen LogP contribution in [0.3, 0.4) is 0 Å². The summed E-state index contributed by atoms with van der Waals surface area (Å²) >= 11 is 0. The zero-order valence-corrected chi connectivity index (χ0v) is 11.9. The Morgan fingerprint density at radius 1 is 1.37 bits per heavy atom. The van der Waals surface area contributed by atoms with E-state index in [1.54, 1.807) is 0 Å². The SMILES string of the molecule is CC(C)CN(CCC(N)=NO)C(=O)C1CC2CC2C1. The smallest absolute Gasteiger partial charge is 0.225 e. The first kappa shape index (κ1) is 14.2. The van der Waals surface area contributed by atoms with Crippen LogP contribution in [0.4, 0.5) is 0 Å². The maximum Gasteiger partial charge on any atom is 0.225 e. The zero-order chi connectivity index (χ0) is 14.0. The van der Waals surface area contributed by atoms with Crippen molar-refractivity contribution in [2.24, 2.45) is 34.6 Å². The molecule has 3 N–H and O–H groups in total. The Labute approximate surface area is 114 Å². The number of fused-ring (bicyclic) bond motifs is 1. The quantitative estimate of drug-likeness (QED) is 0.332. The molecule has 2 rings (SSSR count). The van der Waals surface area contributed by atoms with Gasteiger partial charge in [-0.3, -0.25) is 4.79 Å². The molecule has 0 aromatic carbocycles. The van der Waals surface area contributed by atoms with Gasteiger partial charge in [0.15, 0.2) is 0 Å². The summed E-state index contributed by atoms with van der Waals surface area (Å²) in [4.78, 5) is 14.4. The number of carbonyl (C=O) groups is 1. The number of oxime groups is 1. The maximum absolute atomic E-state index is 12.5. The number of rotatable bonds is 6. The minimum Gasteiger partial charge on any atom is -0.409 e. The van der Waals surface area contributed by atoms with Crippen molar-refractivity contribution in [2.75, 3.05) is 13.1 Å². The molecular formula is C14H25N3O2. The van der Waals surface area contributed by atoms with Crippen LogP contribution in [0.25, 0.3) is 0 Å². The second-order valence-electron chi connectivity index (χ2n) is 6.44. The lowest BCUT2D eigenvalue weighted by Crippen LogP contribution is -2.40. The molecule has 5 heteroatoms. The van der Waals surface area contributed by atoms with Gasteiger partial charge in [-0.05, 0) is 37.0 Å². The summed E-state index contributed by atoms with van der Waals surface area (Å²) in [6, 6.07) is 0. The molecule has 0 aliphatic heterocycles. The van der Waals surface area contributed by atoms with E-state index in [0.717, 1.165) is 31.2 Å². The molecule has 0 radical (unpaired) electrons. The van der Waals surface area contributed by atoms with Gasteiger partial charge in [0, 0.05) is 25.4 Å². The fourth-order valence-corrected chi connectivity index (χ4v) is 3.21. The van der Waals surface area contributed by atoms with E-state index >= 15 is 0 Å². The Bertz CT molecular complexity index is 358. The zero-order valence-electron chi connectivity index (χ0n) is 11.9. The molecular weight excluding hydrogens is 242 g/mol. The average Bonchev–Trinajstić information content (AvgIpc) is 2.99. The van der Waals surface area contributed by atoms with Crippen molar-refractivity contribution < 1.29 is 10.0 Å². The van der Waals surface area contributed by atoms with Crippen molar-refractivity contribution >= 4 is 11.7 Å². The Kier molecular flexibility index (Phi) is 4.32. The van der Waals surface area contributed by atoms with Gasteiger partial charge in [-0.25, -0.2) is 0 Å². The van der Waals surface area contributed by atoms with E-state index in [1.165, 1.54) is 6.42 Å². The topological polar surface area (TPSA) is 78.9 Å². The average molecular weight is 267 g/mol. The lowest BCUT2D eigenvalue weighted by molar-refractivity contribution is -0.136. The number of hydrogen-bond acceptors (Lipinski definition) is 3.